The van der Waals surface area contributed by atoms with Crippen molar-refractivity contribution in [2.45, 2.75) is 20.5 Å². The standard InChI is InChI=1S/C17H16N2O3/c1-12-16(13(2)22-18-12)11-21-17(20)14-6-5-7-15(10-14)19-8-3-4-9-19/h3-10H,11H2,1-2H3. The van der Waals surface area contributed by atoms with Crippen molar-refractivity contribution in [3.8, 4) is 5.69 Å². The lowest BCUT2D eigenvalue weighted by Crippen LogP contribution is -2.07. The minimum Gasteiger partial charge on any atom is -0.457 e. The Morgan fingerprint density at radius 1 is 1.23 bits per heavy atom. The van der Waals surface area contributed by atoms with Crippen LogP contribution in [0, 0.1) is 13.8 Å². The second-order valence-electron chi connectivity index (χ2n) is 5.02. The number of benzene rings is 1. The molecule has 3 rings (SSSR count). The third-order valence-electron chi connectivity index (χ3n) is 3.51. The van der Waals surface area contributed by atoms with Crippen LogP contribution in [0.5, 0.6) is 0 Å². The predicted molar refractivity (Wildman–Crippen MR) is 80.9 cm³/mol. The molecule has 0 atom stereocenters. The van der Waals surface area contributed by atoms with Gasteiger partial charge >= 0.3 is 5.97 Å². The molecule has 5 nitrogen and oxygen atoms in total. The molecule has 0 aliphatic rings. The molecule has 0 saturated heterocycles. The van der Waals surface area contributed by atoms with E-state index in [1.54, 1.807) is 19.1 Å². The van der Waals surface area contributed by atoms with Crippen molar-refractivity contribution in [3.05, 3.63) is 71.4 Å². The van der Waals surface area contributed by atoms with Crippen LogP contribution in [0.2, 0.25) is 0 Å². The third kappa shape index (κ3) is 2.79. The van der Waals surface area contributed by atoms with Gasteiger partial charge in [-0.25, -0.2) is 4.79 Å². The lowest BCUT2D eigenvalue weighted by molar-refractivity contribution is 0.0471. The summed E-state index contributed by atoms with van der Waals surface area (Å²) in [4.78, 5) is 12.2. The van der Waals surface area contributed by atoms with Gasteiger partial charge in [0.05, 0.1) is 16.8 Å². The van der Waals surface area contributed by atoms with E-state index in [1.807, 2.05) is 48.1 Å². The topological polar surface area (TPSA) is 57.3 Å². The first-order chi connectivity index (χ1) is 10.6. The number of carbonyl (C=O) groups is 1. The maximum atomic E-state index is 12.2. The number of aryl methyl sites for hydroxylation is 2. The Kier molecular flexibility index (Phi) is 3.78. The van der Waals surface area contributed by atoms with Crippen molar-refractivity contribution in [2.24, 2.45) is 0 Å². The lowest BCUT2D eigenvalue weighted by Gasteiger charge is -2.07. The van der Waals surface area contributed by atoms with E-state index in [0.717, 1.165) is 16.9 Å². The fourth-order valence-electron chi connectivity index (χ4n) is 2.23. The highest BCUT2D eigenvalue weighted by atomic mass is 16.5. The molecule has 0 amide bonds. The zero-order valence-corrected chi connectivity index (χ0v) is 12.4. The highest BCUT2D eigenvalue weighted by Gasteiger charge is 2.13. The van der Waals surface area contributed by atoms with E-state index >= 15 is 0 Å². The molecule has 2 aromatic heterocycles. The van der Waals surface area contributed by atoms with Crippen LogP contribution < -0.4 is 0 Å². The Bertz CT molecular complexity index is 769. The fourth-order valence-corrected chi connectivity index (χ4v) is 2.23. The average molecular weight is 296 g/mol. The Morgan fingerprint density at radius 3 is 2.68 bits per heavy atom. The maximum absolute atomic E-state index is 12.2. The van der Waals surface area contributed by atoms with E-state index in [2.05, 4.69) is 5.16 Å². The monoisotopic (exact) mass is 296 g/mol. The van der Waals surface area contributed by atoms with Crippen LogP contribution >= 0.6 is 0 Å². The number of ether oxygens (including phenoxy) is 1. The molecule has 112 valence electrons. The van der Waals surface area contributed by atoms with Gasteiger partial charge in [0.25, 0.3) is 0 Å². The summed E-state index contributed by atoms with van der Waals surface area (Å²) in [5.41, 5.74) is 2.98. The van der Waals surface area contributed by atoms with Crippen molar-refractivity contribution in [1.82, 2.24) is 9.72 Å². The van der Waals surface area contributed by atoms with Gasteiger partial charge in [-0.15, -0.1) is 0 Å². The Morgan fingerprint density at radius 2 is 2.00 bits per heavy atom. The Hall–Kier alpha value is -2.82. The quantitative estimate of drug-likeness (QED) is 0.692. The van der Waals surface area contributed by atoms with Gasteiger partial charge in [-0.3, -0.25) is 0 Å². The maximum Gasteiger partial charge on any atom is 0.338 e. The van der Waals surface area contributed by atoms with E-state index in [4.69, 9.17) is 9.26 Å². The molecule has 5 heteroatoms. The molecule has 0 aliphatic heterocycles. The number of esters is 1. The molecule has 0 bridgehead atoms. The number of carbonyl (C=O) groups excluding carboxylic acids is 1. The molecule has 0 unspecified atom stereocenters. The zero-order chi connectivity index (χ0) is 15.5. The van der Waals surface area contributed by atoms with Crippen LogP contribution in [0.4, 0.5) is 0 Å². The predicted octanol–water partition coefficient (Wildman–Crippen LogP) is 3.44. The van der Waals surface area contributed by atoms with E-state index in [1.165, 1.54) is 0 Å². The van der Waals surface area contributed by atoms with Gasteiger partial charge < -0.3 is 13.8 Å². The first kappa shape index (κ1) is 14.1. The van der Waals surface area contributed by atoms with Crippen molar-refractivity contribution in [2.75, 3.05) is 0 Å². The molecule has 3 aromatic rings. The van der Waals surface area contributed by atoms with Gasteiger partial charge in [-0.05, 0) is 44.2 Å². The smallest absolute Gasteiger partial charge is 0.338 e. The van der Waals surface area contributed by atoms with E-state index in [0.29, 0.717) is 11.3 Å². The van der Waals surface area contributed by atoms with E-state index in [9.17, 15) is 4.79 Å². The molecule has 1 aromatic carbocycles. The number of hydrogen-bond donors (Lipinski definition) is 0. The molecule has 0 saturated carbocycles. The number of rotatable bonds is 4. The molecular formula is C17H16N2O3. The number of hydrogen-bond acceptors (Lipinski definition) is 4. The third-order valence-corrected chi connectivity index (χ3v) is 3.51. The van der Waals surface area contributed by atoms with Crippen LogP contribution in [0.3, 0.4) is 0 Å². The van der Waals surface area contributed by atoms with Crippen molar-refractivity contribution >= 4 is 5.97 Å². The minimum absolute atomic E-state index is 0.160. The van der Waals surface area contributed by atoms with E-state index in [-0.39, 0.29) is 12.6 Å². The van der Waals surface area contributed by atoms with Gasteiger partial charge in [-0.2, -0.15) is 0 Å². The van der Waals surface area contributed by atoms with Gasteiger partial charge in [-0.1, -0.05) is 11.2 Å². The first-order valence-corrected chi connectivity index (χ1v) is 6.97. The summed E-state index contributed by atoms with van der Waals surface area (Å²) in [5.74, 6) is 0.306. The molecule has 22 heavy (non-hydrogen) atoms. The molecule has 0 spiro atoms. The first-order valence-electron chi connectivity index (χ1n) is 6.97. The van der Waals surface area contributed by atoms with Crippen LogP contribution in [-0.2, 0) is 11.3 Å². The number of aromatic nitrogens is 2. The van der Waals surface area contributed by atoms with Crippen molar-refractivity contribution in [3.63, 3.8) is 0 Å². The molecular weight excluding hydrogens is 280 g/mol. The summed E-state index contributed by atoms with van der Waals surface area (Å²) in [6, 6.07) is 11.2. The largest absolute Gasteiger partial charge is 0.457 e. The van der Waals surface area contributed by atoms with Crippen molar-refractivity contribution < 1.29 is 14.1 Å². The van der Waals surface area contributed by atoms with Crippen LogP contribution in [0.15, 0.2) is 53.3 Å². The second-order valence-corrected chi connectivity index (χ2v) is 5.02. The molecule has 2 heterocycles. The van der Waals surface area contributed by atoms with Gasteiger partial charge in [0, 0.05) is 18.1 Å². The summed E-state index contributed by atoms with van der Waals surface area (Å²) in [7, 11) is 0. The summed E-state index contributed by atoms with van der Waals surface area (Å²) in [6.45, 7) is 3.79. The highest BCUT2D eigenvalue weighted by molar-refractivity contribution is 5.90. The molecule has 0 fully saturated rings. The van der Waals surface area contributed by atoms with Crippen molar-refractivity contribution in [1.29, 1.82) is 0 Å². The minimum atomic E-state index is -0.367. The molecule has 0 aliphatic carbocycles. The van der Waals surface area contributed by atoms with Crippen LogP contribution in [0.1, 0.15) is 27.4 Å². The zero-order valence-electron chi connectivity index (χ0n) is 12.4. The Labute approximate surface area is 128 Å². The summed E-state index contributed by atoms with van der Waals surface area (Å²) >= 11 is 0. The lowest BCUT2D eigenvalue weighted by atomic mass is 10.2. The summed E-state index contributed by atoms with van der Waals surface area (Å²) in [6.07, 6.45) is 3.85. The normalized spacial score (nSPS) is 10.6. The summed E-state index contributed by atoms with van der Waals surface area (Å²) < 4.78 is 12.4. The Balaban J connectivity index is 1.74. The summed E-state index contributed by atoms with van der Waals surface area (Å²) in [5, 5.41) is 3.85. The SMILES string of the molecule is Cc1noc(C)c1COC(=O)c1cccc(-n2cccc2)c1. The number of nitrogens with zero attached hydrogens (tertiary/aromatic N) is 2. The van der Waals surface area contributed by atoms with E-state index < -0.39 is 0 Å². The van der Waals surface area contributed by atoms with Gasteiger partial charge in [0.15, 0.2) is 0 Å². The fraction of sp³-hybridized carbons (Fsp3) is 0.176. The second kappa shape index (κ2) is 5.89. The van der Waals surface area contributed by atoms with Crippen LogP contribution in [0.25, 0.3) is 5.69 Å². The highest BCUT2D eigenvalue weighted by Crippen LogP contribution is 2.16. The molecule has 0 radical (unpaired) electrons. The van der Waals surface area contributed by atoms with Gasteiger partial charge in [0.2, 0.25) is 0 Å². The molecule has 0 N–H and O–H groups in total. The average Bonchev–Trinajstić information content (AvgIpc) is 3.16. The van der Waals surface area contributed by atoms with Gasteiger partial charge in [0.1, 0.15) is 12.4 Å². The van der Waals surface area contributed by atoms with Crippen LogP contribution in [-0.4, -0.2) is 15.7 Å².